The second kappa shape index (κ2) is 7.85. The van der Waals surface area contributed by atoms with E-state index < -0.39 is 0 Å². The quantitative estimate of drug-likeness (QED) is 0.259. The number of allylic oxidation sites excluding steroid dienone is 1. The maximum absolute atomic E-state index is 13.3. The molecule has 4 heteroatoms. The molecule has 0 amide bonds. The molecule has 34 heavy (non-hydrogen) atoms. The van der Waals surface area contributed by atoms with E-state index in [1.54, 1.807) is 0 Å². The molecule has 0 bridgehead atoms. The van der Waals surface area contributed by atoms with Gasteiger partial charge in [0.25, 0.3) is 0 Å². The molecule has 0 spiro atoms. The van der Waals surface area contributed by atoms with E-state index in [9.17, 15) is 9.59 Å². The lowest BCUT2D eigenvalue weighted by atomic mass is 9.94. The maximum atomic E-state index is 13.3. The van der Waals surface area contributed by atoms with E-state index >= 15 is 0 Å². The summed E-state index contributed by atoms with van der Waals surface area (Å²) in [6, 6.07) is 26.9. The van der Waals surface area contributed by atoms with Gasteiger partial charge in [0, 0.05) is 32.6 Å². The number of fused-ring (bicyclic) bond motifs is 4. The average Bonchev–Trinajstić information content (AvgIpc) is 2.84. The fourth-order valence-electron chi connectivity index (χ4n) is 4.98. The minimum Gasteiger partial charge on any atom is -0.354 e. The highest BCUT2D eigenvalue weighted by molar-refractivity contribution is 5.95. The van der Waals surface area contributed by atoms with E-state index in [0.717, 1.165) is 38.8 Å². The van der Waals surface area contributed by atoms with Crippen molar-refractivity contribution in [1.29, 1.82) is 0 Å². The SMILES string of the molecule is C=C(Cc1cccc2[nH]c3ccccc3c(=O)c12)Cc1cccc2[nH]c3ccccc3c(=O)c12. The van der Waals surface area contributed by atoms with Gasteiger partial charge in [-0.3, -0.25) is 9.59 Å². The molecule has 164 valence electrons. The van der Waals surface area contributed by atoms with Gasteiger partial charge in [0.15, 0.2) is 10.9 Å². The molecule has 4 aromatic carbocycles. The van der Waals surface area contributed by atoms with Crippen LogP contribution in [0.1, 0.15) is 11.1 Å². The lowest BCUT2D eigenvalue weighted by Crippen LogP contribution is -2.09. The van der Waals surface area contributed by atoms with Gasteiger partial charge in [-0.05, 0) is 60.4 Å². The number of H-pyrrole nitrogens is 2. The van der Waals surface area contributed by atoms with Gasteiger partial charge >= 0.3 is 0 Å². The molecule has 4 nitrogen and oxygen atoms in total. The van der Waals surface area contributed by atoms with E-state index in [4.69, 9.17) is 0 Å². The summed E-state index contributed by atoms with van der Waals surface area (Å²) in [5, 5.41) is 2.76. The van der Waals surface area contributed by atoms with Crippen LogP contribution in [-0.2, 0) is 12.8 Å². The third-order valence-corrected chi connectivity index (χ3v) is 6.52. The van der Waals surface area contributed by atoms with Crippen LogP contribution in [0.15, 0.2) is 107 Å². The van der Waals surface area contributed by atoms with Crippen LogP contribution in [0.3, 0.4) is 0 Å². The number of aromatic nitrogens is 2. The van der Waals surface area contributed by atoms with Crippen molar-refractivity contribution in [2.24, 2.45) is 0 Å². The molecular formula is C30H22N2O2. The van der Waals surface area contributed by atoms with Crippen LogP contribution < -0.4 is 10.9 Å². The van der Waals surface area contributed by atoms with Crippen LogP contribution in [0, 0.1) is 0 Å². The first kappa shape index (κ1) is 20.2. The Balaban J connectivity index is 1.42. The van der Waals surface area contributed by atoms with Gasteiger partial charge in [-0.25, -0.2) is 0 Å². The smallest absolute Gasteiger partial charge is 0.197 e. The monoisotopic (exact) mass is 442 g/mol. The molecular weight excluding hydrogens is 420 g/mol. The van der Waals surface area contributed by atoms with Crippen LogP contribution in [0.5, 0.6) is 0 Å². The molecule has 0 saturated heterocycles. The highest BCUT2D eigenvalue weighted by Gasteiger charge is 2.13. The molecule has 2 heterocycles. The fraction of sp³-hybridized carbons (Fsp3) is 0.0667. The zero-order valence-corrected chi connectivity index (χ0v) is 18.5. The third-order valence-electron chi connectivity index (χ3n) is 6.52. The number of benzene rings is 4. The van der Waals surface area contributed by atoms with E-state index in [1.807, 2.05) is 84.9 Å². The molecule has 2 aromatic heterocycles. The predicted molar refractivity (Wildman–Crippen MR) is 141 cm³/mol. The summed E-state index contributed by atoms with van der Waals surface area (Å²) in [7, 11) is 0. The summed E-state index contributed by atoms with van der Waals surface area (Å²) in [6.45, 7) is 4.32. The van der Waals surface area contributed by atoms with Gasteiger partial charge in [0.05, 0.1) is 11.0 Å². The molecule has 2 N–H and O–H groups in total. The van der Waals surface area contributed by atoms with Crippen molar-refractivity contribution in [3.05, 3.63) is 129 Å². The van der Waals surface area contributed by atoms with E-state index in [1.165, 1.54) is 0 Å². The Morgan fingerprint density at radius 3 is 1.44 bits per heavy atom. The zero-order valence-electron chi connectivity index (χ0n) is 18.5. The van der Waals surface area contributed by atoms with Gasteiger partial charge in [-0.1, -0.05) is 60.7 Å². The summed E-state index contributed by atoms with van der Waals surface area (Å²) in [4.78, 5) is 33.4. The van der Waals surface area contributed by atoms with Crippen molar-refractivity contribution in [2.75, 3.05) is 0 Å². The first-order valence-corrected chi connectivity index (χ1v) is 11.3. The maximum Gasteiger partial charge on any atom is 0.197 e. The first-order chi connectivity index (χ1) is 16.6. The highest BCUT2D eigenvalue weighted by atomic mass is 16.1. The molecule has 0 fully saturated rings. The molecule has 0 aliphatic heterocycles. The van der Waals surface area contributed by atoms with Crippen LogP contribution in [0.2, 0.25) is 0 Å². The number of pyridine rings is 2. The number of nitrogens with one attached hydrogen (secondary N) is 2. The van der Waals surface area contributed by atoms with Crippen molar-refractivity contribution in [3.63, 3.8) is 0 Å². The summed E-state index contributed by atoms with van der Waals surface area (Å²) in [5.74, 6) is 0. The second-order valence-corrected chi connectivity index (χ2v) is 8.78. The second-order valence-electron chi connectivity index (χ2n) is 8.78. The number of aromatic amines is 2. The van der Waals surface area contributed by atoms with Crippen molar-refractivity contribution < 1.29 is 0 Å². The number of hydrogen-bond donors (Lipinski definition) is 2. The summed E-state index contributed by atoms with van der Waals surface area (Å²) in [5.41, 5.74) is 6.19. The van der Waals surface area contributed by atoms with Gasteiger partial charge in [-0.15, -0.1) is 0 Å². The number of rotatable bonds is 4. The standard InChI is InChI=1S/C30H22N2O2/c1-18(16-19-8-6-14-25-27(19)29(33)21-10-2-4-12-23(21)31-25)17-20-9-7-15-26-28(20)30(34)22-11-3-5-13-24(22)32-26/h2-15H,1,16-17H2,(H,31,33)(H,32,34). The van der Waals surface area contributed by atoms with Crippen LogP contribution in [-0.4, -0.2) is 9.97 Å². The Morgan fingerprint density at radius 1 is 0.559 bits per heavy atom. The first-order valence-electron chi connectivity index (χ1n) is 11.3. The van der Waals surface area contributed by atoms with E-state index in [-0.39, 0.29) is 10.9 Å². The minimum atomic E-state index is 0.0285. The van der Waals surface area contributed by atoms with Crippen LogP contribution in [0.25, 0.3) is 43.6 Å². The number of hydrogen-bond acceptors (Lipinski definition) is 2. The van der Waals surface area contributed by atoms with Gasteiger partial charge in [0.2, 0.25) is 0 Å². The summed E-state index contributed by atoms with van der Waals surface area (Å²) < 4.78 is 0. The summed E-state index contributed by atoms with van der Waals surface area (Å²) in [6.07, 6.45) is 1.11. The Kier molecular flexibility index (Phi) is 4.66. The van der Waals surface area contributed by atoms with Crippen LogP contribution >= 0.6 is 0 Å². The molecule has 0 unspecified atom stereocenters. The zero-order chi connectivity index (χ0) is 23.2. The van der Waals surface area contributed by atoms with Crippen molar-refractivity contribution in [1.82, 2.24) is 9.97 Å². The Morgan fingerprint density at radius 2 is 0.971 bits per heavy atom. The third kappa shape index (κ3) is 3.23. The van der Waals surface area contributed by atoms with Crippen molar-refractivity contribution in [2.45, 2.75) is 12.8 Å². The Labute approximate surface area is 195 Å². The molecule has 0 aliphatic rings. The molecule has 6 rings (SSSR count). The lowest BCUT2D eigenvalue weighted by Gasteiger charge is -2.12. The molecule has 0 aliphatic carbocycles. The predicted octanol–water partition coefficient (Wildman–Crippen LogP) is 6.02. The molecule has 0 saturated carbocycles. The van der Waals surface area contributed by atoms with Gasteiger partial charge in [-0.2, -0.15) is 0 Å². The molecule has 0 atom stereocenters. The Hall–Kier alpha value is -4.44. The fourth-order valence-corrected chi connectivity index (χ4v) is 4.98. The van der Waals surface area contributed by atoms with Crippen LogP contribution in [0.4, 0.5) is 0 Å². The van der Waals surface area contributed by atoms with Crippen molar-refractivity contribution >= 4 is 43.6 Å². The number of para-hydroxylation sites is 2. The normalized spacial score (nSPS) is 11.5. The van der Waals surface area contributed by atoms with Gasteiger partial charge in [0.1, 0.15) is 0 Å². The van der Waals surface area contributed by atoms with E-state index in [0.29, 0.717) is 34.4 Å². The lowest BCUT2D eigenvalue weighted by molar-refractivity contribution is 1.06. The highest BCUT2D eigenvalue weighted by Crippen LogP contribution is 2.24. The van der Waals surface area contributed by atoms with Crippen molar-refractivity contribution in [3.8, 4) is 0 Å². The minimum absolute atomic E-state index is 0.0285. The Bertz CT molecular complexity index is 1740. The molecule has 0 radical (unpaired) electrons. The topological polar surface area (TPSA) is 65.7 Å². The largest absolute Gasteiger partial charge is 0.354 e. The van der Waals surface area contributed by atoms with Gasteiger partial charge < -0.3 is 9.97 Å². The summed E-state index contributed by atoms with van der Waals surface area (Å²) >= 11 is 0. The average molecular weight is 443 g/mol. The molecule has 6 aromatic rings. The van der Waals surface area contributed by atoms with E-state index in [2.05, 4.69) is 16.5 Å².